The fourth-order valence-corrected chi connectivity index (χ4v) is 9.65. The molecule has 4 nitrogen and oxygen atoms in total. The van der Waals surface area contributed by atoms with Gasteiger partial charge in [-0.05, 0) is 63.2 Å². The number of carbonyl (C=O) groups is 1. The molecule has 0 aromatic carbocycles. The number of nitrogens with zero attached hydrogens (tertiary/aromatic N) is 1. The lowest BCUT2D eigenvalue weighted by Crippen LogP contribution is -2.62. The molecule has 156 valence electrons. The minimum atomic E-state index is -0.604. The van der Waals surface area contributed by atoms with Crippen molar-refractivity contribution in [3.05, 3.63) is 23.8 Å². The lowest BCUT2D eigenvalue weighted by atomic mass is 9.43. The van der Waals surface area contributed by atoms with Crippen molar-refractivity contribution >= 4 is 12.2 Å². The molecule has 0 amide bonds. The van der Waals surface area contributed by atoms with Crippen molar-refractivity contribution in [2.45, 2.75) is 77.5 Å². The summed E-state index contributed by atoms with van der Waals surface area (Å²) >= 11 is 0. The number of aliphatic hydroxyl groups is 1. The molecular weight excluding hydrogens is 362 g/mol. The largest absolute Gasteiger partial charge is 0.456 e. The molecule has 1 N–H and O–H groups in total. The Kier molecular flexibility index (Phi) is 3.44. The first-order chi connectivity index (χ1) is 13.8. The maximum atomic E-state index is 12.7. The Morgan fingerprint density at radius 3 is 2.93 bits per heavy atom. The standard InChI is InChI=1S/C25H33NO3/c1-5-13(2)22(28)29-19-16-14(3)11-24-10-7-15-23(4)8-6-9-25(15,20(24)18(19)27)21(17(16)24)26-12-23/h5,12,15-21,27H,3,6-11H2,1-2,4H3/b13-5+/t15-,16+,17?,18-,19-,20-,21?,23+,24-,25+/m1/s1. The molecular formula is C25H33NO3. The van der Waals surface area contributed by atoms with Crippen molar-refractivity contribution < 1.29 is 14.6 Å². The summed E-state index contributed by atoms with van der Waals surface area (Å²) in [6.07, 6.45) is 10.0. The first-order valence-corrected chi connectivity index (χ1v) is 11.5. The molecule has 4 heteroatoms. The van der Waals surface area contributed by atoms with Crippen LogP contribution in [-0.4, -0.2) is 35.5 Å². The number of aliphatic hydroxyl groups excluding tert-OH is 1. The van der Waals surface area contributed by atoms with Crippen LogP contribution in [0.5, 0.6) is 0 Å². The van der Waals surface area contributed by atoms with Crippen LogP contribution < -0.4 is 0 Å². The number of aliphatic imine (C=N–C) groups is 1. The lowest BCUT2D eigenvalue weighted by Gasteiger charge is -2.62. The van der Waals surface area contributed by atoms with Crippen molar-refractivity contribution in [1.82, 2.24) is 0 Å². The summed E-state index contributed by atoms with van der Waals surface area (Å²) in [6.45, 7) is 10.5. The monoisotopic (exact) mass is 395 g/mol. The van der Waals surface area contributed by atoms with Crippen molar-refractivity contribution in [3.63, 3.8) is 0 Å². The van der Waals surface area contributed by atoms with Gasteiger partial charge in [0.1, 0.15) is 6.10 Å². The molecule has 0 aromatic rings. The Hall–Kier alpha value is -1.42. The van der Waals surface area contributed by atoms with Gasteiger partial charge in [0, 0.05) is 34.5 Å². The molecule has 5 aliphatic carbocycles. The summed E-state index contributed by atoms with van der Waals surface area (Å²) in [5, 5.41) is 11.8. The highest BCUT2D eigenvalue weighted by molar-refractivity contribution is 5.87. The summed E-state index contributed by atoms with van der Waals surface area (Å²) in [5.41, 5.74) is 2.15. The van der Waals surface area contributed by atoms with E-state index in [1.54, 1.807) is 13.0 Å². The summed E-state index contributed by atoms with van der Waals surface area (Å²) in [4.78, 5) is 17.9. The predicted octanol–water partition coefficient (Wildman–Crippen LogP) is 4.09. The highest BCUT2D eigenvalue weighted by Gasteiger charge is 2.83. The van der Waals surface area contributed by atoms with Crippen LogP contribution in [0.3, 0.4) is 0 Å². The Labute approximate surface area is 173 Å². The van der Waals surface area contributed by atoms with Crippen molar-refractivity contribution in [1.29, 1.82) is 0 Å². The van der Waals surface area contributed by atoms with Gasteiger partial charge in [-0.2, -0.15) is 0 Å². The first-order valence-electron chi connectivity index (χ1n) is 11.5. The van der Waals surface area contributed by atoms with Gasteiger partial charge in [0.05, 0.1) is 12.1 Å². The smallest absolute Gasteiger partial charge is 0.333 e. The lowest BCUT2D eigenvalue weighted by molar-refractivity contribution is -0.193. The van der Waals surface area contributed by atoms with Crippen LogP contribution in [0.25, 0.3) is 0 Å². The molecule has 10 atom stereocenters. The van der Waals surface area contributed by atoms with E-state index in [0.717, 1.165) is 6.42 Å². The number of allylic oxidation sites excluding steroid dienone is 1. The SMILES string of the molecule is C=C1C[C@]23CC[C@H]4[C@]56CCC[C@@]4(C)C=NC5C2[C@H]1[C@@H](OC(=O)/C(C)=C/C)[C@@H](O)[C@H]36. The van der Waals surface area contributed by atoms with E-state index >= 15 is 0 Å². The first kappa shape index (κ1) is 18.4. The van der Waals surface area contributed by atoms with Crippen LogP contribution in [0, 0.1) is 39.9 Å². The molecule has 0 aromatic heterocycles. The van der Waals surface area contributed by atoms with Gasteiger partial charge in [0.25, 0.3) is 0 Å². The van der Waals surface area contributed by atoms with Gasteiger partial charge in [-0.15, -0.1) is 0 Å². The van der Waals surface area contributed by atoms with E-state index in [2.05, 4.69) is 19.7 Å². The zero-order valence-corrected chi connectivity index (χ0v) is 17.9. The summed E-state index contributed by atoms with van der Waals surface area (Å²) < 4.78 is 6.04. The van der Waals surface area contributed by atoms with Gasteiger partial charge in [-0.25, -0.2) is 4.79 Å². The van der Waals surface area contributed by atoms with E-state index in [1.807, 2.05) is 6.92 Å². The minimum Gasteiger partial charge on any atom is -0.456 e. The molecule has 2 spiro atoms. The second kappa shape index (κ2) is 5.43. The van der Waals surface area contributed by atoms with Crippen LogP contribution in [0.15, 0.2) is 28.8 Å². The normalized spacial score (nSPS) is 56.5. The van der Waals surface area contributed by atoms with E-state index in [1.165, 1.54) is 37.7 Å². The van der Waals surface area contributed by atoms with E-state index in [9.17, 15) is 9.90 Å². The molecule has 5 fully saturated rings. The molecule has 1 aliphatic heterocycles. The third kappa shape index (κ3) is 1.83. The Morgan fingerprint density at radius 2 is 2.17 bits per heavy atom. The zero-order valence-electron chi connectivity index (χ0n) is 17.9. The Bertz CT molecular complexity index is 875. The van der Waals surface area contributed by atoms with E-state index in [0.29, 0.717) is 17.4 Å². The summed E-state index contributed by atoms with van der Waals surface area (Å²) in [6, 6.07) is 0.263. The fourth-order valence-electron chi connectivity index (χ4n) is 9.65. The highest BCUT2D eigenvalue weighted by Crippen LogP contribution is 2.82. The molecule has 0 saturated heterocycles. The maximum absolute atomic E-state index is 12.7. The zero-order chi connectivity index (χ0) is 20.3. The van der Waals surface area contributed by atoms with Crippen molar-refractivity contribution in [3.8, 4) is 0 Å². The van der Waals surface area contributed by atoms with Crippen LogP contribution in [0.4, 0.5) is 0 Å². The van der Waals surface area contributed by atoms with Gasteiger partial charge in [-0.3, -0.25) is 4.99 Å². The highest BCUT2D eigenvalue weighted by atomic mass is 16.6. The van der Waals surface area contributed by atoms with Crippen molar-refractivity contribution in [2.24, 2.45) is 44.9 Å². The molecule has 6 rings (SSSR count). The second-order valence-corrected chi connectivity index (χ2v) is 11.2. The predicted molar refractivity (Wildman–Crippen MR) is 111 cm³/mol. The van der Waals surface area contributed by atoms with Crippen LogP contribution in [-0.2, 0) is 9.53 Å². The van der Waals surface area contributed by atoms with Gasteiger partial charge in [-0.1, -0.05) is 31.6 Å². The Balaban J connectivity index is 1.51. The number of hydrogen-bond acceptors (Lipinski definition) is 4. The molecule has 6 aliphatic rings. The van der Waals surface area contributed by atoms with E-state index in [-0.39, 0.29) is 40.1 Å². The minimum absolute atomic E-state index is 0.0430. The third-order valence-electron chi connectivity index (χ3n) is 10.4. The molecule has 6 bridgehead atoms. The Morgan fingerprint density at radius 1 is 1.38 bits per heavy atom. The molecule has 5 saturated carbocycles. The molecule has 0 radical (unpaired) electrons. The topological polar surface area (TPSA) is 58.9 Å². The van der Waals surface area contributed by atoms with Gasteiger partial charge in [0.15, 0.2) is 0 Å². The molecule has 1 heterocycles. The number of ether oxygens (including phenoxy) is 1. The molecule has 29 heavy (non-hydrogen) atoms. The summed E-state index contributed by atoms with van der Waals surface area (Å²) in [5.74, 6) is 0.898. The van der Waals surface area contributed by atoms with Gasteiger partial charge < -0.3 is 9.84 Å². The van der Waals surface area contributed by atoms with Crippen molar-refractivity contribution in [2.75, 3.05) is 0 Å². The average molecular weight is 396 g/mol. The number of hydrogen-bond donors (Lipinski definition) is 1. The second-order valence-electron chi connectivity index (χ2n) is 11.2. The van der Waals surface area contributed by atoms with E-state index in [4.69, 9.17) is 9.73 Å². The van der Waals surface area contributed by atoms with Crippen LogP contribution >= 0.6 is 0 Å². The molecule has 2 unspecified atom stereocenters. The third-order valence-corrected chi connectivity index (χ3v) is 10.4. The van der Waals surface area contributed by atoms with E-state index < -0.39 is 12.2 Å². The fraction of sp³-hybridized carbons (Fsp3) is 0.760. The number of carbonyl (C=O) groups excluding carboxylic acids is 1. The van der Waals surface area contributed by atoms with Crippen LogP contribution in [0.1, 0.15) is 59.3 Å². The van der Waals surface area contributed by atoms with Gasteiger partial charge >= 0.3 is 5.97 Å². The average Bonchev–Trinajstić information content (AvgIpc) is 2.95. The van der Waals surface area contributed by atoms with Gasteiger partial charge in [0.2, 0.25) is 0 Å². The number of esters is 1. The summed E-state index contributed by atoms with van der Waals surface area (Å²) in [7, 11) is 0. The number of rotatable bonds is 2. The quantitative estimate of drug-likeness (QED) is 0.435. The maximum Gasteiger partial charge on any atom is 0.333 e. The van der Waals surface area contributed by atoms with Crippen LogP contribution in [0.2, 0.25) is 0 Å².